The van der Waals surface area contributed by atoms with Gasteiger partial charge in [0.25, 0.3) is 0 Å². The lowest BCUT2D eigenvalue weighted by atomic mass is 10.1. The standard InChI is InChI=1S/C10H14N2O/c1-2-3-10(11)8-4-5-9(7-13)12-6-8/h2,4-6,10,13H,1,3,7,11H2. The lowest BCUT2D eigenvalue weighted by molar-refractivity contribution is 0.277. The molecular formula is C10H14N2O. The molecule has 0 aromatic carbocycles. The zero-order chi connectivity index (χ0) is 9.68. The maximum atomic E-state index is 8.76. The molecule has 1 aromatic rings. The van der Waals surface area contributed by atoms with E-state index in [0.29, 0.717) is 5.69 Å². The Balaban J connectivity index is 2.73. The van der Waals surface area contributed by atoms with Crippen molar-refractivity contribution in [1.29, 1.82) is 0 Å². The Hall–Kier alpha value is -1.19. The number of nitrogens with zero attached hydrogens (tertiary/aromatic N) is 1. The highest BCUT2D eigenvalue weighted by molar-refractivity contribution is 5.17. The predicted octanol–water partition coefficient (Wildman–Crippen LogP) is 1.15. The van der Waals surface area contributed by atoms with Gasteiger partial charge in [-0.05, 0) is 18.1 Å². The van der Waals surface area contributed by atoms with Crippen LogP contribution >= 0.6 is 0 Å². The molecule has 0 fully saturated rings. The second kappa shape index (κ2) is 4.74. The van der Waals surface area contributed by atoms with Crippen LogP contribution in [0.1, 0.15) is 23.7 Å². The lowest BCUT2D eigenvalue weighted by Crippen LogP contribution is -2.09. The maximum absolute atomic E-state index is 8.76. The minimum atomic E-state index is -0.0438. The summed E-state index contributed by atoms with van der Waals surface area (Å²) < 4.78 is 0. The van der Waals surface area contributed by atoms with E-state index in [1.807, 2.05) is 6.07 Å². The molecule has 0 bridgehead atoms. The Morgan fingerprint density at radius 1 is 1.62 bits per heavy atom. The number of hydrogen-bond donors (Lipinski definition) is 2. The van der Waals surface area contributed by atoms with Gasteiger partial charge in [-0.2, -0.15) is 0 Å². The molecule has 0 spiro atoms. The third-order valence-electron chi connectivity index (χ3n) is 1.86. The Morgan fingerprint density at radius 2 is 2.38 bits per heavy atom. The minimum absolute atomic E-state index is 0.0308. The first-order valence-electron chi connectivity index (χ1n) is 4.20. The third-order valence-corrected chi connectivity index (χ3v) is 1.86. The van der Waals surface area contributed by atoms with E-state index < -0.39 is 0 Å². The summed E-state index contributed by atoms with van der Waals surface area (Å²) in [6, 6.07) is 3.61. The van der Waals surface area contributed by atoms with Gasteiger partial charge in [0.15, 0.2) is 0 Å². The summed E-state index contributed by atoms with van der Waals surface area (Å²) in [5.74, 6) is 0. The highest BCUT2D eigenvalue weighted by Crippen LogP contribution is 2.13. The van der Waals surface area contributed by atoms with Crippen LogP contribution in [0.25, 0.3) is 0 Å². The van der Waals surface area contributed by atoms with Crippen LogP contribution in [-0.4, -0.2) is 10.1 Å². The van der Waals surface area contributed by atoms with Crippen molar-refractivity contribution in [2.75, 3.05) is 0 Å². The molecule has 0 aliphatic rings. The van der Waals surface area contributed by atoms with Crippen LogP contribution in [0.5, 0.6) is 0 Å². The summed E-state index contributed by atoms with van der Waals surface area (Å²) in [5, 5.41) is 8.76. The van der Waals surface area contributed by atoms with Crippen LogP contribution in [0.3, 0.4) is 0 Å². The fourth-order valence-electron chi connectivity index (χ4n) is 1.06. The summed E-state index contributed by atoms with van der Waals surface area (Å²) in [4.78, 5) is 4.04. The maximum Gasteiger partial charge on any atom is 0.0852 e. The highest BCUT2D eigenvalue weighted by Gasteiger charge is 2.03. The SMILES string of the molecule is C=CCC(N)c1ccc(CO)nc1. The number of pyridine rings is 1. The molecule has 0 aliphatic heterocycles. The van der Waals surface area contributed by atoms with Crippen molar-refractivity contribution >= 4 is 0 Å². The van der Waals surface area contributed by atoms with Gasteiger partial charge < -0.3 is 10.8 Å². The first kappa shape index (κ1) is 9.89. The van der Waals surface area contributed by atoms with Crippen LogP contribution in [-0.2, 0) is 6.61 Å². The van der Waals surface area contributed by atoms with Crippen LogP contribution in [0.4, 0.5) is 0 Å². The summed E-state index contributed by atoms with van der Waals surface area (Å²) in [5.41, 5.74) is 7.45. The number of aromatic nitrogens is 1. The Morgan fingerprint density at radius 3 is 2.85 bits per heavy atom. The van der Waals surface area contributed by atoms with Gasteiger partial charge in [0.05, 0.1) is 12.3 Å². The second-order valence-electron chi connectivity index (χ2n) is 2.87. The Bertz CT molecular complexity index is 269. The smallest absolute Gasteiger partial charge is 0.0852 e. The molecule has 3 heteroatoms. The predicted molar refractivity (Wildman–Crippen MR) is 51.9 cm³/mol. The molecule has 3 nitrogen and oxygen atoms in total. The monoisotopic (exact) mass is 178 g/mol. The molecule has 1 heterocycles. The number of aliphatic hydroxyl groups is 1. The molecule has 1 rings (SSSR count). The van der Waals surface area contributed by atoms with Crippen molar-refractivity contribution in [3.05, 3.63) is 42.2 Å². The van der Waals surface area contributed by atoms with Crippen molar-refractivity contribution < 1.29 is 5.11 Å². The molecule has 1 atom stereocenters. The van der Waals surface area contributed by atoms with Crippen molar-refractivity contribution in [3.8, 4) is 0 Å². The first-order chi connectivity index (χ1) is 6.27. The van der Waals surface area contributed by atoms with Gasteiger partial charge in [0, 0.05) is 12.2 Å². The summed E-state index contributed by atoms with van der Waals surface area (Å²) in [6.07, 6.45) is 4.21. The molecular weight excluding hydrogens is 164 g/mol. The van der Waals surface area contributed by atoms with E-state index in [1.165, 1.54) is 0 Å². The van der Waals surface area contributed by atoms with Crippen molar-refractivity contribution in [2.24, 2.45) is 5.73 Å². The molecule has 13 heavy (non-hydrogen) atoms. The van der Waals surface area contributed by atoms with E-state index in [-0.39, 0.29) is 12.6 Å². The fourth-order valence-corrected chi connectivity index (χ4v) is 1.06. The lowest BCUT2D eigenvalue weighted by Gasteiger charge is -2.08. The summed E-state index contributed by atoms with van der Waals surface area (Å²) in [6.45, 7) is 3.59. The van der Waals surface area contributed by atoms with E-state index in [4.69, 9.17) is 10.8 Å². The average molecular weight is 178 g/mol. The molecule has 1 aromatic heterocycles. The van der Waals surface area contributed by atoms with Gasteiger partial charge in [-0.1, -0.05) is 12.1 Å². The Labute approximate surface area is 77.9 Å². The Kier molecular flexibility index (Phi) is 3.61. The van der Waals surface area contributed by atoms with Crippen molar-refractivity contribution in [3.63, 3.8) is 0 Å². The molecule has 0 aliphatic carbocycles. The molecule has 0 radical (unpaired) electrons. The van der Waals surface area contributed by atoms with Crippen molar-refractivity contribution in [1.82, 2.24) is 4.98 Å². The molecule has 0 amide bonds. The quantitative estimate of drug-likeness (QED) is 0.680. The normalized spacial score (nSPS) is 12.5. The van der Waals surface area contributed by atoms with Gasteiger partial charge >= 0.3 is 0 Å². The van der Waals surface area contributed by atoms with Gasteiger partial charge in [-0.15, -0.1) is 6.58 Å². The molecule has 0 saturated carbocycles. The second-order valence-corrected chi connectivity index (χ2v) is 2.87. The van der Waals surface area contributed by atoms with Gasteiger partial charge in [0.2, 0.25) is 0 Å². The molecule has 1 unspecified atom stereocenters. The van der Waals surface area contributed by atoms with Gasteiger partial charge in [-0.3, -0.25) is 4.98 Å². The van der Waals surface area contributed by atoms with Crippen molar-refractivity contribution in [2.45, 2.75) is 19.1 Å². The van der Waals surface area contributed by atoms with Crippen LogP contribution in [0.2, 0.25) is 0 Å². The third kappa shape index (κ3) is 2.65. The zero-order valence-electron chi connectivity index (χ0n) is 7.48. The van der Waals surface area contributed by atoms with E-state index in [9.17, 15) is 0 Å². The van der Waals surface area contributed by atoms with E-state index in [2.05, 4.69) is 11.6 Å². The molecule has 70 valence electrons. The summed E-state index contributed by atoms with van der Waals surface area (Å²) >= 11 is 0. The fraction of sp³-hybridized carbons (Fsp3) is 0.300. The molecule has 0 saturated heterocycles. The first-order valence-corrected chi connectivity index (χ1v) is 4.20. The van der Waals surface area contributed by atoms with Crippen LogP contribution in [0.15, 0.2) is 31.0 Å². The number of hydrogen-bond acceptors (Lipinski definition) is 3. The van der Waals surface area contributed by atoms with Gasteiger partial charge in [-0.25, -0.2) is 0 Å². The van der Waals surface area contributed by atoms with E-state index in [0.717, 1.165) is 12.0 Å². The average Bonchev–Trinajstić information content (AvgIpc) is 2.18. The number of rotatable bonds is 4. The van der Waals surface area contributed by atoms with E-state index >= 15 is 0 Å². The largest absolute Gasteiger partial charge is 0.390 e. The zero-order valence-corrected chi connectivity index (χ0v) is 7.48. The van der Waals surface area contributed by atoms with Gasteiger partial charge in [0.1, 0.15) is 0 Å². The molecule has 3 N–H and O–H groups in total. The number of nitrogens with two attached hydrogens (primary N) is 1. The minimum Gasteiger partial charge on any atom is -0.390 e. The van der Waals surface area contributed by atoms with Crippen LogP contribution < -0.4 is 5.73 Å². The summed E-state index contributed by atoms with van der Waals surface area (Å²) in [7, 11) is 0. The van der Waals surface area contributed by atoms with E-state index in [1.54, 1.807) is 18.3 Å². The highest BCUT2D eigenvalue weighted by atomic mass is 16.3. The topological polar surface area (TPSA) is 59.1 Å². The van der Waals surface area contributed by atoms with Crippen LogP contribution in [0, 0.1) is 0 Å². The number of aliphatic hydroxyl groups excluding tert-OH is 1.